The second kappa shape index (κ2) is 4.66. The molecule has 2 N–H and O–H groups in total. The average Bonchev–Trinajstić information content (AvgIpc) is 2.17. The Kier molecular flexibility index (Phi) is 3.53. The number of nitrogens with one attached hydrogen (secondary N) is 2. The number of hydrogen-bond acceptors (Lipinski definition) is 3. The van der Waals surface area contributed by atoms with E-state index in [2.05, 4.69) is 22.9 Å². The lowest BCUT2D eigenvalue weighted by atomic mass is 10.2. The molecule has 0 aliphatic rings. The number of rotatable bonds is 2. The van der Waals surface area contributed by atoms with E-state index in [9.17, 15) is 9.59 Å². The van der Waals surface area contributed by atoms with Crippen LogP contribution in [0.15, 0.2) is 24.3 Å². The van der Waals surface area contributed by atoms with Gasteiger partial charge in [-0.2, -0.15) is 0 Å². The highest BCUT2D eigenvalue weighted by Gasteiger charge is 2.02. The molecule has 0 aromatic heterocycles. The molecule has 0 saturated carbocycles. The summed E-state index contributed by atoms with van der Waals surface area (Å²) in [5.41, 5.74) is 1.15. The monoisotopic (exact) mass is 210 g/mol. The Bertz CT molecular complexity index is 348. The molecule has 1 aromatic carbocycles. The third-order valence-electron chi connectivity index (χ3n) is 1.57. The standard InChI is InChI=1S/C9H10N2O2S/c1-6(12)10-8-4-2-7(3-5-8)9(13)11-14/h2-5,14H,1H3,(H,10,12)(H,11,13). The summed E-state index contributed by atoms with van der Waals surface area (Å²) in [5, 5.41) is 2.60. The highest BCUT2D eigenvalue weighted by atomic mass is 32.1. The number of anilines is 1. The van der Waals surface area contributed by atoms with Gasteiger partial charge in [0.25, 0.3) is 5.91 Å². The molecule has 0 aliphatic heterocycles. The van der Waals surface area contributed by atoms with E-state index in [1.807, 2.05) is 0 Å². The Labute approximate surface area is 87.2 Å². The fourth-order valence-corrected chi connectivity index (χ4v) is 1.10. The van der Waals surface area contributed by atoms with E-state index in [4.69, 9.17) is 0 Å². The van der Waals surface area contributed by atoms with E-state index in [1.54, 1.807) is 24.3 Å². The van der Waals surface area contributed by atoms with E-state index in [1.165, 1.54) is 6.92 Å². The van der Waals surface area contributed by atoms with E-state index in [-0.39, 0.29) is 11.8 Å². The Balaban J connectivity index is 2.78. The zero-order valence-electron chi connectivity index (χ0n) is 7.57. The fourth-order valence-electron chi connectivity index (χ4n) is 0.973. The third-order valence-corrected chi connectivity index (χ3v) is 1.77. The zero-order valence-corrected chi connectivity index (χ0v) is 8.47. The first-order valence-corrected chi connectivity index (χ1v) is 4.40. The van der Waals surface area contributed by atoms with E-state index < -0.39 is 0 Å². The third kappa shape index (κ3) is 2.77. The first-order valence-electron chi connectivity index (χ1n) is 3.95. The molecule has 0 bridgehead atoms. The van der Waals surface area contributed by atoms with Crippen molar-refractivity contribution >= 4 is 30.3 Å². The van der Waals surface area contributed by atoms with Crippen LogP contribution in [0.25, 0.3) is 0 Å². The van der Waals surface area contributed by atoms with Crippen molar-refractivity contribution in [1.82, 2.24) is 4.72 Å². The fraction of sp³-hybridized carbons (Fsp3) is 0.111. The van der Waals surface area contributed by atoms with Gasteiger partial charge in [0.2, 0.25) is 5.91 Å². The summed E-state index contributed by atoms with van der Waals surface area (Å²) in [6, 6.07) is 6.52. The molecule has 0 saturated heterocycles. The lowest BCUT2D eigenvalue weighted by Crippen LogP contribution is -2.12. The van der Waals surface area contributed by atoms with E-state index in [0.29, 0.717) is 11.3 Å². The molecule has 74 valence electrons. The Morgan fingerprint density at radius 3 is 2.21 bits per heavy atom. The molecule has 14 heavy (non-hydrogen) atoms. The molecule has 4 nitrogen and oxygen atoms in total. The second-order valence-electron chi connectivity index (χ2n) is 2.70. The van der Waals surface area contributed by atoms with Crippen molar-refractivity contribution < 1.29 is 9.59 Å². The van der Waals surface area contributed by atoms with Gasteiger partial charge in [0, 0.05) is 18.2 Å². The van der Waals surface area contributed by atoms with Crippen LogP contribution < -0.4 is 10.0 Å². The minimum atomic E-state index is -0.275. The van der Waals surface area contributed by atoms with Crippen LogP contribution in [0.1, 0.15) is 17.3 Å². The Morgan fingerprint density at radius 2 is 1.79 bits per heavy atom. The predicted octanol–water partition coefficient (Wildman–Crippen LogP) is 1.22. The highest BCUT2D eigenvalue weighted by molar-refractivity contribution is 7.78. The summed E-state index contributed by atoms with van der Waals surface area (Å²) >= 11 is 3.64. The molecule has 1 rings (SSSR count). The number of amides is 2. The smallest absolute Gasteiger partial charge is 0.260 e. The number of hydrogen-bond donors (Lipinski definition) is 3. The predicted molar refractivity (Wildman–Crippen MR) is 57.2 cm³/mol. The van der Waals surface area contributed by atoms with Crippen LogP contribution in [-0.4, -0.2) is 11.8 Å². The van der Waals surface area contributed by atoms with Crippen molar-refractivity contribution in [3.05, 3.63) is 29.8 Å². The minimum absolute atomic E-state index is 0.142. The second-order valence-corrected chi connectivity index (χ2v) is 2.92. The van der Waals surface area contributed by atoms with Crippen molar-refractivity contribution in [2.75, 3.05) is 5.32 Å². The highest BCUT2D eigenvalue weighted by Crippen LogP contribution is 2.09. The lowest BCUT2D eigenvalue weighted by Gasteiger charge is -2.02. The van der Waals surface area contributed by atoms with Gasteiger partial charge in [-0.25, -0.2) is 0 Å². The molecular formula is C9H10N2O2S. The van der Waals surface area contributed by atoms with E-state index in [0.717, 1.165) is 0 Å². The van der Waals surface area contributed by atoms with Crippen molar-refractivity contribution in [2.24, 2.45) is 0 Å². The van der Waals surface area contributed by atoms with Crippen LogP contribution in [0.2, 0.25) is 0 Å². The van der Waals surface area contributed by atoms with Crippen molar-refractivity contribution in [2.45, 2.75) is 6.92 Å². The summed E-state index contributed by atoms with van der Waals surface area (Å²) in [7, 11) is 0. The van der Waals surface area contributed by atoms with Gasteiger partial charge in [-0.05, 0) is 24.3 Å². The van der Waals surface area contributed by atoms with Crippen molar-refractivity contribution in [3.63, 3.8) is 0 Å². The van der Waals surface area contributed by atoms with Crippen molar-refractivity contribution in [1.29, 1.82) is 0 Å². The van der Waals surface area contributed by atoms with Crippen LogP contribution in [0.3, 0.4) is 0 Å². The van der Waals surface area contributed by atoms with Crippen LogP contribution in [0.5, 0.6) is 0 Å². The molecule has 5 heteroatoms. The SMILES string of the molecule is CC(=O)Nc1ccc(C(=O)NS)cc1. The van der Waals surface area contributed by atoms with Crippen LogP contribution in [0, 0.1) is 0 Å². The first kappa shape index (κ1) is 10.6. The maximum atomic E-state index is 11.1. The minimum Gasteiger partial charge on any atom is -0.326 e. The number of carbonyl (C=O) groups is 2. The Hall–Kier alpha value is -1.49. The normalized spacial score (nSPS) is 9.29. The molecule has 0 fully saturated rings. The van der Waals surface area contributed by atoms with E-state index >= 15 is 0 Å². The van der Waals surface area contributed by atoms with Crippen molar-refractivity contribution in [3.8, 4) is 0 Å². The molecule has 0 spiro atoms. The average molecular weight is 210 g/mol. The van der Waals surface area contributed by atoms with Crippen LogP contribution >= 0.6 is 12.8 Å². The molecule has 0 unspecified atom stereocenters. The largest absolute Gasteiger partial charge is 0.326 e. The van der Waals surface area contributed by atoms with Gasteiger partial charge in [0.15, 0.2) is 0 Å². The number of benzene rings is 1. The maximum Gasteiger partial charge on any atom is 0.260 e. The van der Waals surface area contributed by atoms with Gasteiger partial charge in [-0.3, -0.25) is 14.3 Å². The molecule has 0 atom stereocenters. The molecular weight excluding hydrogens is 200 g/mol. The summed E-state index contributed by atoms with van der Waals surface area (Å²) in [5.74, 6) is -0.417. The van der Waals surface area contributed by atoms with Gasteiger partial charge in [0.1, 0.15) is 0 Å². The number of carbonyl (C=O) groups excluding carboxylic acids is 2. The summed E-state index contributed by atoms with van der Waals surface area (Å²) in [6.45, 7) is 1.42. The van der Waals surface area contributed by atoms with Gasteiger partial charge in [-0.15, -0.1) is 0 Å². The molecule has 1 aromatic rings. The maximum absolute atomic E-state index is 11.1. The van der Waals surface area contributed by atoms with Gasteiger partial charge >= 0.3 is 0 Å². The van der Waals surface area contributed by atoms with Gasteiger partial charge in [0.05, 0.1) is 0 Å². The summed E-state index contributed by atoms with van der Waals surface area (Å²) in [6.07, 6.45) is 0. The topological polar surface area (TPSA) is 58.2 Å². The van der Waals surface area contributed by atoms with Crippen LogP contribution in [-0.2, 0) is 4.79 Å². The first-order chi connectivity index (χ1) is 6.63. The zero-order chi connectivity index (χ0) is 10.6. The quantitative estimate of drug-likeness (QED) is 0.643. The molecule has 0 aliphatic carbocycles. The number of thiol groups is 1. The van der Waals surface area contributed by atoms with Gasteiger partial charge in [-0.1, -0.05) is 12.8 Å². The lowest BCUT2D eigenvalue weighted by molar-refractivity contribution is -0.114. The van der Waals surface area contributed by atoms with Gasteiger partial charge < -0.3 is 5.32 Å². The summed E-state index contributed by atoms with van der Waals surface area (Å²) in [4.78, 5) is 21.8. The molecule has 2 amide bonds. The Morgan fingerprint density at radius 1 is 1.21 bits per heavy atom. The molecule has 0 heterocycles. The molecule has 0 radical (unpaired) electrons. The summed E-state index contributed by atoms with van der Waals surface area (Å²) < 4.78 is 2.21. The van der Waals surface area contributed by atoms with Crippen LogP contribution in [0.4, 0.5) is 5.69 Å².